The van der Waals surface area contributed by atoms with Crippen LogP contribution in [0.25, 0.3) is 0 Å². The van der Waals surface area contributed by atoms with Crippen LogP contribution in [0, 0.1) is 11.8 Å². The molecule has 2 N–H and O–H groups in total. The van der Waals surface area contributed by atoms with E-state index in [2.05, 4.69) is 39.9 Å². The minimum Gasteiger partial charge on any atom is -0.396 e. The van der Waals surface area contributed by atoms with Gasteiger partial charge in [-0.15, -0.1) is 0 Å². The first-order valence-corrected chi connectivity index (χ1v) is 6.84. The van der Waals surface area contributed by atoms with Crippen LogP contribution in [-0.2, 0) is 0 Å². The SMILES string of the molecule is CC(C)CCCC(C)NC(CCO)C(C)C. The van der Waals surface area contributed by atoms with Gasteiger partial charge in [0.1, 0.15) is 0 Å². The maximum Gasteiger partial charge on any atom is 0.0445 e. The van der Waals surface area contributed by atoms with E-state index in [0.717, 1.165) is 12.3 Å². The predicted molar refractivity (Wildman–Crippen MR) is 71.6 cm³/mol. The minimum absolute atomic E-state index is 0.286. The van der Waals surface area contributed by atoms with Gasteiger partial charge in [0.2, 0.25) is 0 Å². The van der Waals surface area contributed by atoms with Gasteiger partial charge in [-0.1, -0.05) is 40.5 Å². The van der Waals surface area contributed by atoms with Crippen molar-refractivity contribution in [2.24, 2.45) is 11.8 Å². The Kier molecular flexibility index (Phi) is 8.96. The Bertz CT molecular complexity index is 157. The summed E-state index contributed by atoms with van der Waals surface area (Å²) in [5, 5.41) is 12.6. The van der Waals surface area contributed by atoms with Gasteiger partial charge in [0.15, 0.2) is 0 Å². The Morgan fingerprint density at radius 2 is 1.56 bits per heavy atom. The Morgan fingerprint density at radius 3 is 2.00 bits per heavy atom. The molecule has 0 aromatic heterocycles. The van der Waals surface area contributed by atoms with Crippen molar-refractivity contribution in [3.63, 3.8) is 0 Å². The highest BCUT2D eigenvalue weighted by Gasteiger charge is 2.14. The smallest absolute Gasteiger partial charge is 0.0445 e. The Morgan fingerprint density at radius 1 is 0.938 bits per heavy atom. The monoisotopic (exact) mass is 229 g/mol. The van der Waals surface area contributed by atoms with E-state index >= 15 is 0 Å². The standard InChI is InChI=1S/C14H31NO/c1-11(2)7-6-8-13(5)15-14(9-10-16)12(3)4/h11-16H,6-10H2,1-5H3. The zero-order chi connectivity index (χ0) is 12.6. The van der Waals surface area contributed by atoms with E-state index in [1.54, 1.807) is 0 Å². The maximum atomic E-state index is 9.01. The molecule has 0 heterocycles. The fraction of sp³-hybridized carbons (Fsp3) is 1.00. The van der Waals surface area contributed by atoms with Crippen LogP contribution in [-0.4, -0.2) is 23.8 Å². The van der Waals surface area contributed by atoms with Crippen LogP contribution in [0.15, 0.2) is 0 Å². The molecule has 98 valence electrons. The first kappa shape index (κ1) is 15.9. The molecule has 0 aliphatic rings. The second-order valence-corrected chi connectivity index (χ2v) is 5.76. The second-order valence-electron chi connectivity index (χ2n) is 5.76. The number of rotatable bonds is 9. The summed E-state index contributed by atoms with van der Waals surface area (Å²) in [4.78, 5) is 0. The summed E-state index contributed by atoms with van der Waals surface area (Å²) in [7, 11) is 0. The van der Waals surface area contributed by atoms with Crippen molar-refractivity contribution in [2.45, 2.75) is 72.4 Å². The second kappa shape index (κ2) is 9.00. The normalized spacial score (nSPS) is 15.8. The van der Waals surface area contributed by atoms with Crippen LogP contribution < -0.4 is 5.32 Å². The van der Waals surface area contributed by atoms with Crippen molar-refractivity contribution in [1.82, 2.24) is 5.32 Å². The first-order valence-electron chi connectivity index (χ1n) is 6.84. The Labute approximate surface area is 102 Å². The first-order chi connectivity index (χ1) is 7.47. The largest absolute Gasteiger partial charge is 0.396 e. The number of aliphatic hydroxyl groups is 1. The lowest BCUT2D eigenvalue weighted by Crippen LogP contribution is -2.40. The van der Waals surface area contributed by atoms with Crippen molar-refractivity contribution in [2.75, 3.05) is 6.61 Å². The molecule has 0 aliphatic carbocycles. The van der Waals surface area contributed by atoms with E-state index in [4.69, 9.17) is 5.11 Å². The molecule has 0 saturated carbocycles. The van der Waals surface area contributed by atoms with Crippen molar-refractivity contribution in [1.29, 1.82) is 0 Å². The topological polar surface area (TPSA) is 32.3 Å². The third-order valence-electron chi connectivity index (χ3n) is 3.16. The maximum absolute atomic E-state index is 9.01. The van der Waals surface area contributed by atoms with E-state index in [0.29, 0.717) is 18.0 Å². The van der Waals surface area contributed by atoms with E-state index in [9.17, 15) is 0 Å². The summed E-state index contributed by atoms with van der Waals surface area (Å²) in [6.45, 7) is 11.5. The van der Waals surface area contributed by atoms with Crippen molar-refractivity contribution in [3.8, 4) is 0 Å². The van der Waals surface area contributed by atoms with Crippen LogP contribution >= 0.6 is 0 Å². The molecule has 2 nitrogen and oxygen atoms in total. The lowest BCUT2D eigenvalue weighted by Gasteiger charge is -2.26. The lowest BCUT2D eigenvalue weighted by molar-refractivity contribution is 0.234. The Hall–Kier alpha value is -0.0800. The highest BCUT2D eigenvalue weighted by Crippen LogP contribution is 2.11. The Balaban J connectivity index is 3.76. The molecule has 0 aliphatic heterocycles. The average Bonchev–Trinajstić information content (AvgIpc) is 2.16. The fourth-order valence-corrected chi connectivity index (χ4v) is 2.03. The van der Waals surface area contributed by atoms with Gasteiger partial charge in [-0.05, 0) is 31.6 Å². The number of aliphatic hydroxyl groups excluding tert-OH is 1. The van der Waals surface area contributed by atoms with Crippen molar-refractivity contribution >= 4 is 0 Å². The van der Waals surface area contributed by atoms with Crippen molar-refractivity contribution < 1.29 is 5.11 Å². The van der Waals surface area contributed by atoms with Gasteiger partial charge in [0.25, 0.3) is 0 Å². The van der Waals surface area contributed by atoms with Crippen LogP contribution in [0.1, 0.15) is 60.3 Å². The molecule has 16 heavy (non-hydrogen) atoms. The van der Waals surface area contributed by atoms with Crippen LogP contribution in [0.5, 0.6) is 0 Å². The molecule has 2 atom stereocenters. The van der Waals surface area contributed by atoms with E-state index in [1.165, 1.54) is 19.3 Å². The molecule has 0 aromatic rings. The molecule has 0 saturated heterocycles. The molecule has 0 spiro atoms. The summed E-state index contributed by atoms with van der Waals surface area (Å²) < 4.78 is 0. The third-order valence-corrected chi connectivity index (χ3v) is 3.16. The van der Waals surface area contributed by atoms with Gasteiger partial charge in [0, 0.05) is 18.7 Å². The van der Waals surface area contributed by atoms with E-state index in [-0.39, 0.29) is 6.61 Å². The average molecular weight is 229 g/mol. The molecule has 0 aromatic carbocycles. The van der Waals surface area contributed by atoms with E-state index in [1.807, 2.05) is 0 Å². The minimum atomic E-state index is 0.286. The summed E-state index contributed by atoms with van der Waals surface area (Å²) in [6.07, 6.45) is 4.73. The molecule has 2 heteroatoms. The molecule has 0 amide bonds. The van der Waals surface area contributed by atoms with Crippen LogP contribution in [0.3, 0.4) is 0 Å². The van der Waals surface area contributed by atoms with Gasteiger partial charge >= 0.3 is 0 Å². The predicted octanol–water partition coefficient (Wildman–Crippen LogP) is 3.20. The van der Waals surface area contributed by atoms with Gasteiger partial charge < -0.3 is 10.4 Å². The van der Waals surface area contributed by atoms with Gasteiger partial charge in [-0.25, -0.2) is 0 Å². The molecule has 0 rings (SSSR count). The van der Waals surface area contributed by atoms with Gasteiger partial charge in [-0.3, -0.25) is 0 Å². The van der Waals surface area contributed by atoms with Crippen LogP contribution in [0.2, 0.25) is 0 Å². The molecule has 0 fully saturated rings. The summed E-state index contributed by atoms with van der Waals surface area (Å²) >= 11 is 0. The molecule has 2 unspecified atom stereocenters. The van der Waals surface area contributed by atoms with Crippen molar-refractivity contribution in [3.05, 3.63) is 0 Å². The summed E-state index contributed by atoms with van der Waals surface area (Å²) in [5.41, 5.74) is 0. The number of nitrogens with one attached hydrogen (secondary N) is 1. The summed E-state index contributed by atoms with van der Waals surface area (Å²) in [5.74, 6) is 1.41. The molecular weight excluding hydrogens is 198 g/mol. The van der Waals surface area contributed by atoms with Crippen LogP contribution in [0.4, 0.5) is 0 Å². The lowest BCUT2D eigenvalue weighted by atomic mass is 9.98. The van der Waals surface area contributed by atoms with Gasteiger partial charge in [0.05, 0.1) is 0 Å². The zero-order valence-electron chi connectivity index (χ0n) is 11.8. The number of hydrogen-bond acceptors (Lipinski definition) is 2. The molecule has 0 radical (unpaired) electrons. The number of hydrogen-bond donors (Lipinski definition) is 2. The quantitative estimate of drug-likeness (QED) is 0.636. The molecule has 0 bridgehead atoms. The third kappa shape index (κ3) is 8.12. The van der Waals surface area contributed by atoms with Gasteiger partial charge in [-0.2, -0.15) is 0 Å². The highest BCUT2D eigenvalue weighted by atomic mass is 16.3. The fourth-order valence-electron chi connectivity index (χ4n) is 2.03. The zero-order valence-corrected chi connectivity index (χ0v) is 11.8. The molecular formula is C14H31NO. The van der Waals surface area contributed by atoms with E-state index < -0.39 is 0 Å². The summed E-state index contributed by atoms with van der Waals surface area (Å²) in [6, 6.07) is 1.02. The highest BCUT2D eigenvalue weighted by molar-refractivity contribution is 4.74.